The highest BCUT2D eigenvalue weighted by Crippen LogP contribution is 1.77. The maximum absolute atomic E-state index is 5.32. The first kappa shape index (κ1) is 59.4. The molecule has 0 unspecified atom stereocenters. The van der Waals surface area contributed by atoms with Gasteiger partial charge in [0, 0.05) is 131 Å². The first-order valence-electron chi connectivity index (χ1n) is 17.7. The summed E-state index contributed by atoms with van der Waals surface area (Å²) in [7, 11) is 8.20. The van der Waals surface area contributed by atoms with Gasteiger partial charge in [0.05, 0.1) is 0 Å². The topological polar surface area (TPSA) is 339 Å². The number of hydrogen-bond donors (Lipinski definition) is 16. The van der Waals surface area contributed by atoms with Crippen LogP contribution in [0.4, 0.5) is 0 Å². The van der Waals surface area contributed by atoms with Gasteiger partial charge in [0.2, 0.25) is 0 Å². The largest absolute Gasteiger partial charge is 0.330 e. The molecule has 0 amide bonds. The van der Waals surface area contributed by atoms with Gasteiger partial charge in [-0.1, -0.05) is 0 Å². The minimum atomic E-state index is 0.597. The van der Waals surface area contributed by atoms with Gasteiger partial charge in [0.15, 0.2) is 0 Å². The quantitative estimate of drug-likeness (QED) is 0.0337. The molecule has 18 nitrogen and oxygen atoms in total. The first-order chi connectivity index (χ1) is 23.2. The summed E-state index contributed by atoms with van der Waals surface area (Å²) < 4.78 is 0. The second kappa shape index (κ2) is 68.3. The van der Waals surface area contributed by atoms with Gasteiger partial charge in [-0.15, -0.1) is 0 Å². The van der Waals surface area contributed by atoms with Crippen LogP contribution in [0.2, 0.25) is 0 Å². The summed E-state index contributed by atoms with van der Waals surface area (Å²) in [5.74, 6) is 0. The van der Waals surface area contributed by atoms with E-state index in [0.29, 0.717) is 52.4 Å². The second-order valence-electron chi connectivity index (χ2n) is 10.7. The van der Waals surface area contributed by atoms with Crippen LogP contribution in [0.1, 0.15) is 12.8 Å². The molecule has 0 fully saturated rings. The van der Waals surface area contributed by atoms with Crippen LogP contribution < -0.4 is 89.2 Å². The minimum Gasteiger partial charge on any atom is -0.330 e. The molecule has 0 spiro atoms. The molecule has 0 heterocycles. The summed E-state index contributed by atoms with van der Waals surface area (Å²) >= 11 is 0. The third-order valence-corrected chi connectivity index (χ3v) is 5.15. The Morgan fingerprint density at radius 2 is 0.458 bits per heavy atom. The number of hydrogen-bond acceptors (Lipinski definition) is 18. The van der Waals surface area contributed by atoms with Gasteiger partial charge in [0.25, 0.3) is 0 Å². The zero-order chi connectivity index (χ0) is 37.8. The Labute approximate surface area is 297 Å². The first-order valence-corrected chi connectivity index (χ1v) is 17.7. The fraction of sp³-hybridized carbons (Fsp3) is 1.00. The standard InChI is InChI=1S/C8H23N5.C6H18N4.2C5H14N2.C4H13N3.C2H8N2/c9-1-3-11-5-7-13-8-6-12-4-2-10;7-1-3-9-5-6-10-4-2-8;2*1-7(2)5-3-4-6;5-1-3-7-4-2-6;3-1-2-4/h11-13H,1-10H2;9-10H,1-8H2;2*3-6H2,1-2H3;7H,1-6H2;1-4H2. The average molecular weight is 703 g/mol. The molecular formula is C30H90N18. The van der Waals surface area contributed by atoms with Gasteiger partial charge < -0.3 is 99.0 Å². The Hall–Kier alpha value is -0.720. The van der Waals surface area contributed by atoms with Crippen molar-refractivity contribution >= 4 is 0 Å². The Kier molecular flexibility index (Phi) is 84.5. The monoisotopic (exact) mass is 703 g/mol. The summed E-state index contributed by atoms with van der Waals surface area (Å²) in [6, 6.07) is 0. The van der Waals surface area contributed by atoms with Gasteiger partial charge in [-0.2, -0.15) is 0 Å². The van der Waals surface area contributed by atoms with Crippen molar-refractivity contribution < 1.29 is 0 Å². The van der Waals surface area contributed by atoms with Gasteiger partial charge in [-0.05, 0) is 67.2 Å². The summed E-state index contributed by atoms with van der Waals surface area (Å²) in [4.78, 5) is 4.26. The van der Waals surface area contributed by atoms with Crippen molar-refractivity contribution in [2.75, 3.05) is 185 Å². The Morgan fingerprint density at radius 3 is 0.583 bits per heavy atom. The van der Waals surface area contributed by atoms with Crippen LogP contribution >= 0.6 is 0 Å². The molecule has 26 N–H and O–H groups in total. The van der Waals surface area contributed by atoms with E-state index >= 15 is 0 Å². The van der Waals surface area contributed by atoms with Crippen LogP contribution in [0.15, 0.2) is 0 Å². The molecule has 0 aliphatic rings. The summed E-state index contributed by atoms with van der Waals surface area (Å²) in [5, 5.41) is 19.1. The van der Waals surface area contributed by atoms with E-state index in [2.05, 4.69) is 69.9 Å². The van der Waals surface area contributed by atoms with Crippen LogP contribution in [-0.2, 0) is 0 Å². The van der Waals surface area contributed by atoms with Crippen molar-refractivity contribution in [1.82, 2.24) is 41.7 Å². The lowest BCUT2D eigenvalue weighted by Gasteiger charge is -2.06. The van der Waals surface area contributed by atoms with Gasteiger partial charge in [-0.3, -0.25) is 0 Å². The lowest BCUT2D eigenvalue weighted by atomic mass is 10.4. The van der Waals surface area contributed by atoms with Crippen molar-refractivity contribution in [3.8, 4) is 0 Å². The third kappa shape index (κ3) is 104. The minimum absolute atomic E-state index is 0.597. The lowest BCUT2D eigenvalue weighted by Crippen LogP contribution is -2.35. The molecule has 0 aromatic carbocycles. The summed E-state index contributed by atoms with van der Waals surface area (Å²) in [5.41, 5.74) is 51.8. The van der Waals surface area contributed by atoms with Crippen LogP contribution in [0.3, 0.4) is 0 Å². The number of nitrogens with two attached hydrogens (primary N) is 10. The molecule has 0 saturated carbocycles. The van der Waals surface area contributed by atoms with E-state index < -0.39 is 0 Å². The molecule has 0 saturated heterocycles. The zero-order valence-electron chi connectivity index (χ0n) is 32.1. The molecule has 0 aromatic rings. The van der Waals surface area contributed by atoms with Gasteiger partial charge >= 0.3 is 0 Å². The Bertz CT molecular complexity index is 405. The van der Waals surface area contributed by atoms with Crippen molar-refractivity contribution in [3.05, 3.63) is 0 Å². The number of nitrogens with one attached hydrogen (secondary N) is 6. The van der Waals surface area contributed by atoms with Crippen LogP contribution in [0.25, 0.3) is 0 Å². The van der Waals surface area contributed by atoms with E-state index in [1.807, 2.05) is 0 Å². The van der Waals surface area contributed by atoms with Crippen molar-refractivity contribution in [3.63, 3.8) is 0 Å². The van der Waals surface area contributed by atoms with Crippen molar-refractivity contribution in [1.29, 1.82) is 0 Å². The highest BCUT2D eigenvalue weighted by Gasteiger charge is 1.88. The fourth-order valence-electron chi connectivity index (χ4n) is 2.71. The van der Waals surface area contributed by atoms with Crippen LogP contribution in [-0.4, -0.2) is 195 Å². The number of rotatable bonds is 28. The van der Waals surface area contributed by atoms with E-state index in [9.17, 15) is 0 Å². The molecule has 300 valence electrons. The fourth-order valence-corrected chi connectivity index (χ4v) is 2.71. The lowest BCUT2D eigenvalue weighted by molar-refractivity contribution is 0.403. The molecular weight excluding hydrogens is 612 g/mol. The SMILES string of the molecule is CN(C)CCCN.CN(C)CCCN.NCCN.NCCNCCN.NCCNCCNCCN.NCCNCCNCCNCCN. The molecule has 0 aliphatic heterocycles. The number of nitrogens with zero attached hydrogens (tertiary/aromatic N) is 2. The highest BCUT2D eigenvalue weighted by molar-refractivity contribution is 4.55. The summed E-state index contributed by atoms with van der Waals surface area (Å²) in [6.07, 6.45) is 2.21. The van der Waals surface area contributed by atoms with E-state index in [1.165, 1.54) is 0 Å². The predicted molar refractivity (Wildman–Crippen MR) is 214 cm³/mol. The van der Waals surface area contributed by atoms with E-state index in [-0.39, 0.29) is 0 Å². The summed E-state index contributed by atoms with van der Waals surface area (Å²) in [6.45, 7) is 20.4. The maximum atomic E-state index is 5.32. The van der Waals surface area contributed by atoms with E-state index in [0.717, 1.165) is 118 Å². The van der Waals surface area contributed by atoms with Crippen LogP contribution in [0, 0.1) is 0 Å². The third-order valence-electron chi connectivity index (χ3n) is 5.15. The molecule has 0 rings (SSSR count). The normalized spacial score (nSPS) is 10.0. The molecule has 0 aliphatic carbocycles. The predicted octanol–water partition coefficient (Wildman–Crippen LogP) is -7.05. The van der Waals surface area contributed by atoms with Crippen molar-refractivity contribution in [2.24, 2.45) is 57.3 Å². The average Bonchev–Trinajstić information content (AvgIpc) is 3.08. The molecule has 0 aromatic heterocycles. The second-order valence-corrected chi connectivity index (χ2v) is 10.7. The molecule has 0 bridgehead atoms. The Balaban J connectivity index is -0.000000114. The van der Waals surface area contributed by atoms with E-state index in [1.54, 1.807) is 0 Å². The molecule has 18 heteroatoms. The molecule has 0 atom stereocenters. The molecule has 48 heavy (non-hydrogen) atoms. The highest BCUT2D eigenvalue weighted by atomic mass is 15.1. The molecule has 0 radical (unpaired) electrons. The maximum Gasteiger partial charge on any atom is 0.00772 e. The van der Waals surface area contributed by atoms with Crippen LogP contribution in [0.5, 0.6) is 0 Å². The zero-order valence-corrected chi connectivity index (χ0v) is 32.1. The smallest absolute Gasteiger partial charge is 0.00772 e. The Morgan fingerprint density at radius 1 is 0.271 bits per heavy atom. The van der Waals surface area contributed by atoms with Gasteiger partial charge in [-0.25, -0.2) is 0 Å². The van der Waals surface area contributed by atoms with E-state index in [4.69, 9.17) is 57.3 Å². The van der Waals surface area contributed by atoms with Gasteiger partial charge in [0.1, 0.15) is 0 Å². The van der Waals surface area contributed by atoms with Crippen molar-refractivity contribution in [2.45, 2.75) is 12.8 Å².